The summed E-state index contributed by atoms with van der Waals surface area (Å²) in [5.41, 5.74) is 1.46. The molecule has 0 aliphatic rings. The molecule has 0 fully saturated rings. The molecule has 0 N–H and O–H groups in total. The van der Waals surface area contributed by atoms with Gasteiger partial charge in [-0.05, 0) is 12.8 Å². The van der Waals surface area contributed by atoms with Crippen LogP contribution in [0, 0.1) is 0 Å². The van der Waals surface area contributed by atoms with Crippen molar-refractivity contribution in [1.29, 1.82) is 0 Å². The van der Waals surface area contributed by atoms with Crippen molar-refractivity contribution in [1.82, 2.24) is 0 Å². The molecule has 0 aromatic heterocycles. The fourth-order valence-electron chi connectivity index (χ4n) is 4.24. The summed E-state index contributed by atoms with van der Waals surface area (Å²) < 4.78 is 29.4. The number of quaternary nitrogens is 1. The lowest BCUT2D eigenvalue weighted by atomic mass is 10.0. The molecule has 0 aliphatic heterocycles. The second-order valence-corrected chi connectivity index (χ2v) is 12.1. The van der Waals surface area contributed by atoms with Crippen LogP contribution in [-0.4, -0.2) is 43.8 Å². The topological polar surface area (TPSA) is 57.2 Å². The second kappa shape index (κ2) is 21.4. The van der Waals surface area contributed by atoms with Gasteiger partial charge < -0.3 is 9.04 Å². The molecule has 0 saturated carbocycles. The Hall–Kier alpha value is -0.910. The van der Waals surface area contributed by atoms with Gasteiger partial charge in [-0.15, -0.1) is 0 Å². The summed E-state index contributed by atoms with van der Waals surface area (Å²) in [5, 5.41) is 0. The van der Waals surface area contributed by atoms with Crippen molar-refractivity contribution < 1.29 is 17.5 Å². The lowest BCUT2D eigenvalue weighted by Crippen LogP contribution is -2.39. The van der Waals surface area contributed by atoms with Crippen LogP contribution in [0.3, 0.4) is 0 Å². The summed E-state index contributed by atoms with van der Waals surface area (Å²) in [6.07, 6.45) is 23.2. The first-order valence-electron chi connectivity index (χ1n) is 14.0. The minimum Gasteiger partial charge on any atom is -0.748 e. The third-order valence-corrected chi connectivity index (χ3v) is 7.13. The van der Waals surface area contributed by atoms with Gasteiger partial charge in [0.1, 0.15) is 6.54 Å². The van der Waals surface area contributed by atoms with Crippen molar-refractivity contribution in [2.75, 3.05) is 26.4 Å². The van der Waals surface area contributed by atoms with Crippen LogP contribution in [0.1, 0.15) is 122 Å². The monoisotopic (exact) mass is 497 g/mol. The predicted molar refractivity (Wildman–Crippen MR) is 147 cm³/mol. The number of unbranched alkanes of at least 4 members (excludes halogenated alkanes) is 15. The molecule has 0 spiro atoms. The summed E-state index contributed by atoms with van der Waals surface area (Å²) in [4.78, 5) is 0. The van der Waals surface area contributed by atoms with Crippen LogP contribution in [0.15, 0.2) is 30.3 Å². The van der Waals surface area contributed by atoms with Crippen LogP contribution in [0.25, 0.3) is 0 Å². The Morgan fingerprint density at radius 3 is 1.35 bits per heavy atom. The van der Waals surface area contributed by atoms with Crippen LogP contribution in [0.5, 0.6) is 0 Å². The van der Waals surface area contributed by atoms with E-state index in [0.29, 0.717) is 0 Å². The van der Waals surface area contributed by atoms with E-state index < -0.39 is 10.1 Å². The summed E-state index contributed by atoms with van der Waals surface area (Å²) in [5.74, 6) is -0.312. The molecule has 0 saturated heterocycles. The quantitative estimate of drug-likeness (QED) is 0.104. The van der Waals surface area contributed by atoms with Gasteiger partial charge in [0.15, 0.2) is 0 Å². The lowest BCUT2D eigenvalue weighted by Gasteiger charge is -2.30. The number of hydrogen-bond acceptors (Lipinski definition) is 3. The molecule has 0 atom stereocenters. The van der Waals surface area contributed by atoms with Gasteiger partial charge in [0.05, 0.1) is 30.8 Å². The smallest absolute Gasteiger partial charge is 0.104 e. The van der Waals surface area contributed by atoms with Gasteiger partial charge in [0.25, 0.3) is 0 Å². The van der Waals surface area contributed by atoms with E-state index in [9.17, 15) is 13.0 Å². The minimum atomic E-state index is -3.91. The third kappa shape index (κ3) is 24.2. The minimum absolute atomic E-state index is 0.312. The molecule has 0 aliphatic carbocycles. The van der Waals surface area contributed by atoms with Crippen LogP contribution in [-0.2, 0) is 16.7 Å². The third-order valence-electron chi connectivity index (χ3n) is 6.42. The molecular formula is C29H55NO3S. The van der Waals surface area contributed by atoms with Crippen molar-refractivity contribution >= 4 is 10.1 Å². The molecule has 34 heavy (non-hydrogen) atoms. The highest BCUT2D eigenvalue weighted by molar-refractivity contribution is 7.85. The summed E-state index contributed by atoms with van der Waals surface area (Å²) in [6.45, 7) is 6.06. The average Bonchev–Trinajstić information content (AvgIpc) is 2.79. The zero-order valence-corrected chi connectivity index (χ0v) is 23.7. The maximum absolute atomic E-state index is 9.44. The molecule has 0 unspecified atom stereocenters. The number of benzene rings is 1. The first-order valence-corrected chi connectivity index (χ1v) is 15.6. The van der Waals surface area contributed by atoms with Crippen molar-refractivity contribution in [3.63, 3.8) is 0 Å². The molecule has 0 bridgehead atoms. The zero-order valence-electron chi connectivity index (χ0n) is 22.9. The second-order valence-electron chi connectivity index (χ2n) is 10.5. The maximum atomic E-state index is 9.44. The van der Waals surface area contributed by atoms with E-state index in [1.807, 2.05) is 0 Å². The van der Waals surface area contributed by atoms with E-state index in [2.05, 4.69) is 51.4 Å². The summed E-state index contributed by atoms with van der Waals surface area (Å²) in [6, 6.07) is 10.9. The molecular weight excluding hydrogens is 442 g/mol. The molecule has 1 aromatic carbocycles. The fourth-order valence-corrected chi connectivity index (χ4v) is 4.24. The van der Waals surface area contributed by atoms with Crippen molar-refractivity contribution in [3.8, 4) is 0 Å². The Bertz CT molecular complexity index is 659. The van der Waals surface area contributed by atoms with Gasteiger partial charge in [-0.25, -0.2) is 8.42 Å². The Labute approximate surface area is 212 Å². The van der Waals surface area contributed by atoms with Crippen LogP contribution in [0.4, 0.5) is 0 Å². The Morgan fingerprint density at radius 2 is 1.00 bits per heavy atom. The largest absolute Gasteiger partial charge is 0.748 e. The van der Waals surface area contributed by atoms with Gasteiger partial charge in [-0.2, -0.15) is 0 Å². The summed E-state index contributed by atoms with van der Waals surface area (Å²) in [7, 11) is 0.834. The van der Waals surface area contributed by atoms with Crippen LogP contribution >= 0.6 is 0 Å². The number of rotatable bonds is 20. The van der Waals surface area contributed by atoms with Crippen molar-refractivity contribution in [2.24, 2.45) is 0 Å². The van der Waals surface area contributed by atoms with Gasteiger partial charge in [0, 0.05) is 11.3 Å². The number of nitrogens with zero attached hydrogens (tertiary/aromatic N) is 1. The highest BCUT2D eigenvalue weighted by Gasteiger charge is 2.14. The molecule has 0 amide bonds. The lowest BCUT2D eigenvalue weighted by molar-refractivity contribution is -0.903. The molecule has 200 valence electrons. The molecule has 0 heterocycles. The van der Waals surface area contributed by atoms with Gasteiger partial charge >= 0.3 is 0 Å². The van der Waals surface area contributed by atoms with E-state index in [-0.39, 0.29) is 5.75 Å². The average molecular weight is 498 g/mol. The molecule has 4 nitrogen and oxygen atoms in total. The number of hydrogen-bond donors (Lipinski definition) is 0. The van der Waals surface area contributed by atoms with Crippen molar-refractivity contribution in [2.45, 2.75) is 123 Å². The predicted octanol–water partition coefficient (Wildman–Crippen LogP) is 8.08. The molecule has 0 radical (unpaired) electrons. The van der Waals surface area contributed by atoms with Crippen molar-refractivity contribution in [3.05, 3.63) is 35.9 Å². The highest BCUT2D eigenvalue weighted by atomic mass is 32.2. The normalized spacial score (nSPS) is 11.8. The summed E-state index contributed by atoms with van der Waals surface area (Å²) >= 11 is 0. The Kier molecular flexibility index (Phi) is 20.8. The first kappa shape index (κ1) is 33.1. The first-order chi connectivity index (χ1) is 16.2. The molecule has 5 heteroatoms. The van der Waals surface area contributed by atoms with E-state index in [1.54, 1.807) is 0 Å². The van der Waals surface area contributed by atoms with E-state index in [0.717, 1.165) is 11.0 Å². The maximum Gasteiger partial charge on any atom is 0.104 e. The Morgan fingerprint density at radius 1 is 0.647 bits per heavy atom. The van der Waals surface area contributed by atoms with Gasteiger partial charge in [-0.1, -0.05) is 134 Å². The van der Waals surface area contributed by atoms with Gasteiger partial charge in [-0.3, -0.25) is 0 Å². The molecule has 1 rings (SSSR count). The SMILES string of the molecule is CCCCCCCCCCCCCCCCCC[N+](C)(C)Cc1ccccc1.CCS(=O)(=O)[O-]. The zero-order chi connectivity index (χ0) is 25.5. The molecule has 1 aromatic rings. The van der Waals surface area contributed by atoms with Gasteiger partial charge in [0.2, 0.25) is 0 Å². The Balaban J connectivity index is 0.00000160. The fraction of sp³-hybridized carbons (Fsp3) is 0.793. The van der Waals surface area contributed by atoms with E-state index in [4.69, 9.17) is 0 Å². The van der Waals surface area contributed by atoms with Crippen LogP contribution < -0.4 is 0 Å². The standard InChI is InChI=1S/C27H50N.C2H6O3S/c1-4-5-6-7-8-9-10-11-12-13-14-15-16-17-18-22-25-28(2,3)26-27-23-20-19-21-24-27;1-2-6(3,4)5/h19-21,23-24H,4-18,22,25-26H2,1-3H3;2H2,1H3,(H,3,4,5)/q+1;/p-1. The van der Waals surface area contributed by atoms with Crippen LogP contribution in [0.2, 0.25) is 0 Å². The highest BCUT2D eigenvalue weighted by Crippen LogP contribution is 2.15. The van der Waals surface area contributed by atoms with E-state index >= 15 is 0 Å². The van der Waals surface area contributed by atoms with E-state index in [1.165, 1.54) is 122 Å².